The van der Waals surface area contributed by atoms with Crippen LogP contribution in [0, 0.1) is 17.3 Å². The molecule has 0 bridgehead atoms. The Kier molecular flexibility index (Phi) is 7.41. The Morgan fingerprint density at radius 1 is 0.741 bits per heavy atom. The summed E-state index contributed by atoms with van der Waals surface area (Å²) in [5.74, 6) is 3.35. The van der Waals surface area contributed by atoms with Gasteiger partial charge >= 0.3 is 0 Å². The molecule has 0 amide bonds. The number of rotatable bonds is 4. The second-order valence-electron chi connectivity index (χ2n) is 18.7. The zero-order valence-electron chi connectivity index (χ0n) is 32.8. The van der Waals surface area contributed by atoms with Crippen molar-refractivity contribution in [1.29, 1.82) is 0 Å². The first kappa shape index (κ1) is 33.1. The van der Waals surface area contributed by atoms with E-state index in [0.29, 0.717) is 23.9 Å². The summed E-state index contributed by atoms with van der Waals surface area (Å²) in [4.78, 5) is 2.82. The summed E-state index contributed by atoms with van der Waals surface area (Å²) in [7, 11) is 0. The van der Waals surface area contributed by atoms with E-state index < -0.39 is 0 Å². The maximum atomic E-state index is 7.12. The van der Waals surface area contributed by atoms with Crippen molar-refractivity contribution in [3.63, 3.8) is 0 Å². The van der Waals surface area contributed by atoms with Crippen LogP contribution in [-0.4, -0.2) is 12.1 Å². The van der Waals surface area contributed by atoms with Crippen molar-refractivity contribution < 1.29 is 4.42 Å². The van der Waals surface area contributed by atoms with Gasteiger partial charge in [0.2, 0.25) is 0 Å². The summed E-state index contributed by atoms with van der Waals surface area (Å²) in [5.41, 5.74) is 19.6. The van der Waals surface area contributed by atoms with Crippen LogP contribution in [0.5, 0.6) is 0 Å². The monoisotopic (exact) mass is 709 g/mol. The second kappa shape index (κ2) is 12.1. The van der Waals surface area contributed by atoms with Crippen molar-refractivity contribution >= 4 is 22.9 Å². The Hall–Kier alpha value is -4.30. The maximum absolute atomic E-state index is 7.12. The third-order valence-corrected chi connectivity index (χ3v) is 15.1. The van der Waals surface area contributed by atoms with Crippen molar-refractivity contribution in [3.05, 3.63) is 152 Å². The molecule has 4 atom stereocenters. The summed E-state index contributed by atoms with van der Waals surface area (Å²) < 4.78 is 7.12. The van der Waals surface area contributed by atoms with Gasteiger partial charge in [-0.3, -0.25) is 0 Å². The molecule has 1 aromatic heterocycles. The van der Waals surface area contributed by atoms with Crippen LogP contribution in [0.3, 0.4) is 0 Å². The highest BCUT2D eigenvalue weighted by molar-refractivity contribution is 5.91. The highest BCUT2D eigenvalue weighted by Gasteiger charge is 2.48. The third-order valence-electron chi connectivity index (χ3n) is 15.1. The van der Waals surface area contributed by atoms with Crippen LogP contribution in [0.2, 0.25) is 0 Å². The summed E-state index contributed by atoms with van der Waals surface area (Å²) in [6, 6.07) is 8.26. The van der Waals surface area contributed by atoms with Crippen LogP contribution in [0.1, 0.15) is 126 Å². The molecule has 2 aromatic rings. The van der Waals surface area contributed by atoms with Gasteiger partial charge < -0.3 is 9.32 Å². The van der Waals surface area contributed by atoms with Gasteiger partial charge in [0.05, 0.1) is 6.04 Å². The first-order valence-corrected chi connectivity index (χ1v) is 21.3. The molecule has 2 heteroatoms. The van der Waals surface area contributed by atoms with E-state index in [1.807, 2.05) is 0 Å². The van der Waals surface area contributed by atoms with E-state index in [1.165, 1.54) is 99.2 Å². The van der Waals surface area contributed by atoms with Gasteiger partial charge in [0.1, 0.15) is 11.5 Å². The molecule has 1 saturated carbocycles. The highest BCUT2D eigenvalue weighted by atomic mass is 16.3. The molecular weight excluding hydrogens is 655 g/mol. The Morgan fingerprint density at radius 3 is 2.41 bits per heavy atom. The van der Waals surface area contributed by atoms with E-state index in [1.54, 1.807) is 11.1 Å². The predicted octanol–water partition coefficient (Wildman–Crippen LogP) is 13.1. The molecular formula is C52H55NO. The van der Waals surface area contributed by atoms with Crippen molar-refractivity contribution in [2.75, 3.05) is 4.90 Å². The molecule has 1 fully saturated rings. The van der Waals surface area contributed by atoms with E-state index in [2.05, 4.69) is 124 Å². The normalized spacial score (nSPS) is 29.3. The Morgan fingerprint density at radius 2 is 1.56 bits per heavy atom. The average Bonchev–Trinajstić information content (AvgIpc) is 3.76. The van der Waals surface area contributed by atoms with Crippen molar-refractivity contribution in [3.8, 4) is 0 Å². The smallest absolute Gasteiger partial charge is 0.138 e. The number of anilines is 1. The minimum Gasteiger partial charge on any atom is -0.456 e. The van der Waals surface area contributed by atoms with Crippen LogP contribution in [0.4, 0.5) is 5.69 Å². The fourth-order valence-corrected chi connectivity index (χ4v) is 12.3. The molecule has 0 N–H and O–H groups in total. The minimum atomic E-state index is 0.0349. The molecule has 1 heterocycles. The number of hydrogen-bond acceptors (Lipinski definition) is 2. The molecule has 0 saturated heterocycles. The van der Waals surface area contributed by atoms with E-state index in [4.69, 9.17) is 4.42 Å². The van der Waals surface area contributed by atoms with Gasteiger partial charge in [0, 0.05) is 40.3 Å². The molecule has 274 valence electrons. The molecule has 9 aliphatic carbocycles. The molecule has 11 rings (SSSR count). The van der Waals surface area contributed by atoms with Crippen LogP contribution in [0.25, 0.3) is 17.2 Å². The largest absolute Gasteiger partial charge is 0.456 e. The number of nitrogens with zero attached hydrogens (tertiary/aromatic N) is 1. The van der Waals surface area contributed by atoms with Gasteiger partial charge in [-0.15, -0.1) is 0 Å². The van der Waals surface area contributed by atoms with Crippen molar-refractivity contribution in [1.82, 2.24) is 0 Å². The minimum absolute atomic E-state index is 0.0349. The average molecular weight is 710 g/mol. The lowest BCUT2D eigenvalue weighted by atomic mass is 9.69. The second-order valence-corrected chi connectivity index (χ2v) is 18.7. The first-order valence-electron chi connectivity index (χ1n) is 21.3. The van der Waals surface area contributed by atoms with Crippen LogP contribution >= 0.6 is 0 Å². The van der Waals surface area contributed by atoms with E-state index in [-0.39, 0.29) is 10.8 Å². The quantitative estimate of drug-likeness (QED) is 0.294. The zero-order valence-corrected chi connectivity index (χ0v) is 32.8. The SMILES string of the molecule is CC1(C)C2=CCCC=C2c2ccc(N(C3C=Cc4oc5c(c4C3)CC3CCC=CC3=C5C3=CC=C4C5=CCCC=C5C(C)(C)C4C3)C3CC=CCC3)cc21. The van der Waals surface area contributed by atoms with Gasteiger partial charge in [-0.05, 0) is 156 Å². The standard InChI is InChI=1S/C52H55NO/c1-51(2)44-20-12-10-18-38(44)40-25-22-33(29-46(40)51)49-37-17-9-8-14-32(37)28-43-42-30-35(24-27-48(42)54-50(43)49)53(34-15-6-5-7-16-34)36-23-26-41-39-19-11-13-21-45(39)52(3,4)47(41)31-36/h5-6,9,17-27,31-32,34-35,46H,7-8,10-16,28-30H2,1-4H3. The van der Waals surface area contributed by atoms with Crippen LogP contribution < -0.4 is 4.90 Å². The molecule has 0 radical (unpaired) electrons. The van der Waals surface area contributed by atoms with Gasteiger partial charge in [0.25, 0.3) is 0 Å². The lowest BCUT2D eigenvalue weighted by Gasteiger charge is -2.41. The molecule has 0 spiro atoms. The molecule has 1 aromatic carbocycles. The fourth-order valence-electron chi connectivity index (χ4n) is 12.3. The summed E-state index contributed by atoms with van der Waals surface area (Å²) in [5, 5.41) is 0. The van der Waals surface area contributed by atoms with Gasteiger partial charge in [-0.2, -0.15) is 0 Å². The number of hydrogen-bond donors (Lipinski definition) is 0. The molecule has 0 aliphatic heterocycles. The topological polar surface area (TPSA) is 16.4 Å². The van der Waals surface area contributed by atoms with Crippen LogP contribution in [0.15, 0.2) is 123 Å². The maximum Gasteiger partial charge on any atom is 0.138 e. The molecule has 9 aliphatic rings. The lowest BCUT2D eigenvalue weighted by Crippen LogP contribution is -2.45. The van der Waals surface area contributed by atoms with Crippen LogP contribution in [-0.2, 0) is 18.3 Å². The van der Waals surface area contributed by atoms with Crippen molar-refractivity contribution in [2.24, 2.45) is 17.3 Å². The van der Waals surface area contributed by atoms with Gasteiger partial charge in [0.15, 0.2) is 0 Å². The van der Waals surface area contributed by atoms with Crippen molar-refractivity contribution in [2.45, 2.75) is 122 Å². The van der Waals surface area contributed by atoms with Gasteiger partial charge in [-0.1, -0.05) is 101 Å². The fraction of sp³-hybridized carbons (Fsp3) is 0.423. The Balaban J connectivity index is 0.980. The Bertz CT molecular complexity index is 2310. The lowest BCUT2D eigenvalue weighted by molar-refractivity contribution is 0.338. The number of benzene rings is 1. The van der Waals surface area contributed by atoms with E-state index >= 15 is 0 Å². The molecule has 4 unspecified atom stereocenters. The first-order chi connectivity index (χ1) is 26.3. The highest BCUT2D eigenvalue weighted by Crippen LogP contribution is 2.60. The summed E-state index contributed by atoms with van der Waals surface area (Å²) in [6.07, 6.45) is 43.3. The number of fused-ring (bicyclic) bond motifs is 10. The van der Waals surface area contributed by atoms with E-state index in [9.17, 15) is 0 Å². The van der Waals surface area contributed by atoms with E-state index in [0.717, 1.165) is 50.7 Å². The number of furan rings is 1. The Labute approximate surface area is 322 Å². The number of allylic oxidation sites excluding steroid dienone is 17. The summed E-state index contributed by atoms with van der Waals surface area (Å²) >= 11 is 0. The zero-order chi connectivity index (χ0) is 36.3. The molecule has 54 heavy (non-hydrogen) atoms. The summed E-state index contributed by atoms with van der Waals surface area (Å²) in [6.45, 7) is 9.88. The predicted molar refractivity (Wildman–Crippen MR) is 225 cm³/mol. The molecule has 2 nitrogen and oxygen atoms in total. The third kappa shape index (κ3) is 4.77. The van der Waals surface area contributed by atoms with Gasteiger partial charge in [-0.25, -0.2) is 0 Å².